The minimum atomic E-state index is -0.521. The molecule has 1 aliphatic heterocycles. The molecule has 0 fully saturated rings. The molecule has 1 aliphatic rings. The summed E-state index contributed by atoms with van der Waals surface area (Å²) in [5.74, 6) is 0.197. The highest BCUT2D eigenvalue weighted by Gasteiger charge is 2.27. The number of para-hydroxylation sites is 1. The number of thioether (sulfide) groups is 1. The summed E-state index contributed by atoms with van der Waals surface area (Å²) >= 11 is 1.60. The number of nitrogens with zero attached hydrogens (tertiary/aromatic N) is 1. The topological polar surface area (TPSA) is 46.6 Å². The van der Waals surface area contributed by atoms with Crippen LogP contribution in [0.25, 0.3) is 6.08 Å². The van der Waals surface area contributed by atoms with Gasteiger partial charge in [-0.15, -0.1) is 0 Å². The lowest BCUT2D eigenvalue weighted by Gasteiger charge is -2.18. The second kappa shape index (κ2) is 5.41. The monoisotopic (exact) mass is 301 g/mol. The summed E-state index contributed by atoms with van der Waals surface area (Å²) in [5.41, 5.74) is 0.536. The third-order valence-corrected chi connectivity index (χ3v) is 4.52. The number of benzene rings is 1. The average molecular weight is 301 g/mol. The lowest BCUT2D eigenvalue weighted by molar-refractivity contribution is 0.332. The van der Waals surface area contributed by atoms with Gasteiger partial charge >= 0.3 is 0 Å². The quantitative estimate of drug-likeness (QED) is 0.812. The van der Waals surface area contributed by atoms with Gasteiger partial charge in [0.1, 0.15) is 0 Å². The van der Waals surface area contributed by atoms with Crippen molar-refractivity contribution in [3.63, 3.8) is 0 Å². The molecule has 0 saturated carbocycles. The van der Waals surface area contributed by atoms with Gasteiger partial charge in [0.25, 0.3) is 5.43 Å². The SMILES string of the molecule is CCOc1c(C=C2Sc3ccccc3N2CC)c(=O)c1=O. The van der Waals surface area contributed by atoms with Crippen LogP contribution >= 0.6 is 11.8 Å². The van der Waals surface area contributed by atoms with E-state index in [0.29, 0.717) is 12.2 Å². The molecule has 3 rings (SSSR count). The number of ether oxygens (including phenoxy) is 1. The Kier molecular flexibility index (Phi) is 3.59. The summed E-state index contributed by atoms with van der Waals surface area (Å²) in [4.78, 5) is 26.6. The maximum atomic E-state index is 11.7. The van der Waals surface area contributed by atoms with E-state index in [1.807, 2.05) is 12.1 Å². The molecule has 21 heavy (non-hydrogen) atoms. The lowest BCUT2D eigenvalue weighted by atomic mass is 10.1. The van der Waals surface area contributed by atoms with Crippen LogP contribution in [-0.4, -0.2) is 13.2 Å². The zero-order chi connectivity index (χ0) is 15.0. The second-order valence-electron chi connectivity index (χ2n) is 4.63. The molecule has 2 aromatic carbocycles. The van der Waals surface area contributed by atoms with Crippen LogP contribution in [0.5, 0.6) is 5.75 Å². The van der Waals surface area contributed by atoms with Gasteiger partial charge in [0.2, 0.25) is 5.43 Å². The molecule has 0 spiro atoms. The molecule has 0 saturated heterocycles. The highest BCUT2D eigenvalue weighted by atomic mass is 32.2. The summed E-state index contributed by atoms with van der Waals surface area (Å²) in [6.45, 7) is 5.04. The Morgan fingerprint density at radius 1 is 1.19 bits per heavy atom. The van der Waals surface area contributed by atoms with Crippen molar-refractivity contribution >= 4 is 23.5 Å². The summed E-state index contributed by atoms with van der Waals surface area (Å²) in [6.07, 6.45) is 1.77. The largest absolute Gasteiger partial charge is 0.489 e. The van der Waals surface area contributed by atoms with Crippen molar-refractivity contribution < 1.29 is 4.74 Å². The highest BCUT2D eigenvalue weighted by molar-refractivity contribution is 8.03. The Morgan fingerprint density at radius 3 is 2.67 bits per heavy atom. The van der Waals surface area contributed by atoms with Crippen molar-refractivity contribution in [1.82, 2.24) is 0 Å². The predicted molar refractivity (Wildman–Crippen MR) is 85.8 cm³/mol. The van der Waals surface area contributed by atoms with Crippen LogP contribution in [0, 0.1) is 0 Å². The first kappa shape index (κ1) is 13.9. The van der Waals surface area contributed by atoms with Crippen LogP contribution in [-0.2, 0) is 0 Å². The first-order valence-corrected chi connectivity index (χ1v) is 7.71. The number of hydrogen-bond acceptors (Lipinski definition) is 5. The molecule has 2 aromatic rings. The molecule has 0 atom stereocenters. The molecule has 108 valence electrons. The Morgan fingerprint density at radius 2 is 1.95 bits per heavy atom. The molecular formula is C16H15NO3S. The first-order valence-electron chi connectivity index (χ1n) is 6.89. The van der Waals surface area contributed by atoms with E-state index >= 15 is 0 Å². The van der Waals surface area contributed by atoms with Gasteiger partial charge in [-0.05, 0) is 32.1 Å². The highest BCUT2D eigenvalue weighted by Crippen LogP contribution is 2.46. The molecular weight excluding hydrogens is 286 g/mol. The van der Waals surface area contributed by atoms with Crippen LogP contribution in [0.1, 0.15) is 19.4 Å². The molecule has 0 unspecified atom stereocenters. The Hall–Kier alpha value is -2.01. The van der Waals surface area contributed by atoms with Crippen molar-refractivity contribution in [3.8, 4) is 5.75 Å². The normalized spacial score (nSPS) is 15.7. The van der Waals surface area contributed by atoms with Crippen LogP contribution in [0.3, 0.4) is 0 Å². The predicted octanol–water partition coefficient (Wildman–Crippen LogP) is 2.61. The molecule has 1 heterocycles. The van der Waals surface area contributed by atoms with Crippen molar-refractivity contribution in [1.29, 1.82) is 0 Å². The fourth-order valence-corrected chi connectivity index (χ4v) is 3.59. The van der Waals surface area contributed by atoms with Crippen molar-refractivity contribution in [2.24, 2.45) is 0 Å². The van der Waals surface area contributed by atoms with Crippen molar-refractivity contribution in [3.05, 3.63) is 55.3 Å². The third kappa shape index (κ3) is 2.17. The molecule has 5 heteroatoms. The Labute approximate surface area is 126 Å². The van der Waals surface area contributed by atoms with Gasteiger partial charge in [-0.2, -0.15) is 0 Å². The smallest absolute Gasteiger partial charge is 0.268 e. The minimum Gasteiger partial charge on any atom is -0.489 e. The molecule has 0 N–H and O–H groups in total. The van der Waals surface area contributed by atoms with Gasteiger partial charge in [-0.25, -0.2) is 0 Å². The van der Waals surface area contributed by atoms with Gasteiger partial charge in [-0.1, -0.05) is 23.9 Å². The summed E-state index contributed by atoms with van der Waals surface area (Å²) in [6, 6.07) is 8.09. The van der Waals surface area contributed by atoms with E-state index in [2.05, 4.69) is 24.0 Å². The second-order valence-corrected chi connectivity index (χ2v) is 5.69. The van der Waals surface area contributed by atoms with Crippen molar-refractivity contribution in [2.75, 3.05) is 18.1 Å². The fraction of sp³-hybridized carbons (Fsp3) is 0.250. The van der Waals surface area contributed by atoms with Crippen LogP contribution in [0.4, 0.5) is 5.69 Å². The van der Waals surface area contributed by atoms with Gasteiger partial charge < -0.3 is 9.64 Å². The summed E-state index contributed by atoms with van der Waals surface area (Å²) in [7, 11) is 0. The number of fused-ring (bicyclic) bond motifs is 1. The average Bonchev–Trinajstić information content (AvgIpc) is 2.87. The maximum Gasteiger partial charge on any atom is 0.268 e. The van der Waals surface area contributed by atoms with E-state index in [0.717, 1.165) is 22.2 Å². The molecule has 4 nitrogen and oxygen atoms in total. The number of rotatable bonds is 4. The molecule has 0 radical (unpaired) electrons. The minimum absolute atomic E-state index is 0.197. The fourth-order valence-electron chi connectivity index (χ4n) is 2.42. The standard InChI is InChI=1S/C16H15NO3S/c1-3-17-11-7-5-6-8-12(11)21-13(17)9-10-14(18)15(19)16(10)20-4-2/h5-9H,3-4H2,1-2H3. The molecule has 0 bridgehead atoms. The number of hydrogen-bond donors (Lipinski definition) is 0. The summed E-state index contributed by atoms with van der Waals surface area (Å²) < 4.78 is 5.27. The van der Waals surface area contributed by atoms with Gasteiger partial charge in [0, 0.05) is 11.4 Å². The van der Waals surface area contributed by atoms with Crippen LogP contribution < -0.4 is 20.5 Å². The van der Waals surface area contributed by atoms with E-state index in [4.69, 9.17) is 4.74 Å². The molecule has 0 amide bonds. The zero-order valence-corrected chi connectivity index (χ0v) is 12.7. The Bertz CT molecular complexity index is 787. The van der Waals surface area contributed by atoms with E-state index in [1.54, 1.807) is 24.8 Å². The summed E-state index contributed by atoms with van der Waals surface area (Å²) in [5, 5.41) is 0.951. The molecule has 0 aliphatic carbocycles. The lowest BCUT2D eigenvalue weighted by Crippen LogP contribution is -2.35. The number of anilines is 1. The van der Waals surface area contributed by atoms with Crippen LogP contribution in [0.15, 0.2) is 43.8 Å². The van der Waals surface area contributed by atoms with Gasteiger partial charge in [0.15, 0.2) is 5.75 Å². The van der Waals surface area contributed by atoms with E-state index in [-0.39, 0.29) is 5.75 Å². The zero-order valence-electron chi connectivity index (χ0n) is 11.9. The van der Waals surface area contributed by atoms with E-state index in [1.165, 1.54) is 0 Å². The third-order valence-electron chi connectivity index (χ3n) is 3.41. The van der Waals surface area contributed by atoms with E-state index in [9.17, 15) is 9.59 Å². The van der Waals surface area contributed by atoms with Gasteiger partial charge in [0.05, 0.1) is 22.9 Å². The maximum absolute atomic E-state index is 11.7. The van der Waals surface area contributed by atoms with Crippen molar-refractivity contribution in [2.45, 2.75) is 18.7 Å². The van der Waals surface area contributed by atoms with E-state index < -0.39 is 10.9 Å². The van der Waals surface area contributed by atoms with Crippen LogP contribution in [0.2, 0.25) is 0 Å². The van der Waals surface area contributed by atoms with Gasteiger partial charge in [-0.3, -0.25) is 9.59 Å². The first-order chi connectivity index (χ1) is 10.2. The Balaban J connectivity index is 2.01. The molecule has 0 aromatic heterocycles.